The molecule has 22 heavy (non-hydrogen) atoms. The third-order valence-corrected chi connectivity index (χ3v) is 3.58. The molecule has 6 nitrogen and oxygen atoms in total. The molecule has 0 radical (unpaired) electrons. The van der Waals surface area contributed by atoms with Gasteiger partial charge in [-0.2, -0.15) is 0 Å². The van der Waals surface area contributed by atoms with Gasteiger partial charge in [0.25, 0.3) is 5.56 Å². The number of aromatic amines is 1. The van der Waals surface area contributed by atoms with Crippen molar-refractivity contribution in [1.29, 1.82) is 0 Å². The summed E-state index contributed by atoms with van der Waals surface area (Å²) in [5.41, 5.74) is 2.67. The lowest BCUT2D eigenvalue weighted by Crippen LogP contribution is -2.16. The van der Waals surface area contributed by atoms with Gasteiger partial charge in [0.1, 0.15) is 0 Å². The minimum atomic E-state index is -0.374. The second-order valence-electron chi connectivity index (χ2n) is 5.12. The molecule has 2 aromatic rings. The number of H-pyrrole nitrogens is 1. The SMILES string of the molecule is CCOC(=O)c1cccc(Nc2nc3c(c(=O)[nH]2)CCC3)c1. The molecule has 1 aliphatic rings. The molecule has 0 aliphatic heterocycles. The number of esters is 1. The molecule has 0 unspecified atom stereocenters. The van der Waals surface area contributed by atoms with Gasteiger partial charge in [-0.25, -0.2) is 9.78 Å². The number of carbonyl (C=O) groups is 1. The number of ether oxygens (including phenoxy) is 1. The Morgan fingerprint density at radius 2 is 2.27 bits per heavy atom. The Morgan fingerprint density at radius 1 is 1.41 bits per heavy atom. The van der Waals surface area contributed by atoms with Crippen molar-refractivity contribution >= 4 is 17.6 Å². The highest BCUT2D eigenvalue weighted by molar-refractivity contribution is 5.90. The van der Waals surface area contributed by atoms with Gasteiger partial charge in [-0.1, -0.05) is 6.07 Å². The van der Waals surface area contributed by atoms with E-state index in [1.807, 2.05) is 0 Å². The summed E-state index contributed by atoms with van der Waals surface area (Å²) in [7, 11) is 0. The summed E-state index contributed by atoms with van der Waals surface area (Å²) in [5.74, 6) is 0.0215. The number of carbonyl (C=O) groups excluding carboxylic acids is 1. The van der Waals surface area contributed by atoms with Crippen LogP contribution in [0.1, 0.15) is 35.0 Å². The Hall–Kier alpha value is -2.63. The van der Waals surface area contributed by atoms with E-state index in [0.717, 1.165) is 30.5 Å². The predicted octanol–water partition coefficient (Wildman–Crippen LogP) is 2.18. The minimum Gasteiger partial charge on any atom is -0.462 e. The first-order chi connectivity index (χ1) is 10.7. The molecule has 1 aromatic carbocycles. The molecule has 114 valence electrons. The number of aryl methyl sites for hydroxylation is 1. The molecule has 3 rings (SSSR count). The van der Waals surface area contributed by atoms with Gasteiger partial charge in [0, 0.05) is 11.3 Å². The summed E-state index contributed by atoms with van der Waals surface area (Å²) in [6, 6.07) is 6.91. The van der Waals surface area contributed by atoms with Crippen LogP contribution in [0.5, 0.6) is 0 Å². The Labute approximate surface area is 127 Å². The lowest BCUT2D eigenvalue weighted by molar-refractivity contribution is 0.0526. The summed E-state index contributed by atoms with van der Waals surface area (Å²) >= 11 is 0. The third kappa shape index (κ3) is 2.86. The Bertz CT molecular complexity index is 767. The predicted molar refractivity (Wildman–Crippen MR) is 82.6 cm³/mol. The first kappa shape index (κ1) is 14.3. The molecular weight excluding hydrogens is 282 g/mol. The lowest BCUT2D eigenvalue weighted by atomic mass is 10.2. The molecule has 0 amide bonds. The molecule has 0 saturated carbocycles. The number of nitrogens with zero attached hydrogens (tertiary/aromatic N) is 1. The number of hydrogen-bond acceptors (Lipinski definition) is 5. The van der Waals surface area contributed by atoms with Crippen LogP contribution in [-0.2, 0) is 17.6 Å². The van der Waals surface area contributed by atoms with Crippen LogP contribution in [0.15, 0.2) is 29.1 Å². The number of fused-ring (bicyclic) bond motifs is 1. The number of hydrogen-bond donors (Lipinski definition) is 2. The number of aromatic nitrogens is 2. The molecule has 0 fully saturated rings. The van der Waals surface area contributed by atoms with Crippen molar-refractivity contribution in [3.63, 3.8) is 0 Å². The quantitative estimate of drug-likeness (QED) is 0.845. The third-order valence-electron chi connectivity index (χ3n) is 3.58. The van der Waals surface area contributed by atoms with E-state index in [-0.39, 0.29) is 11.5 Å². The van der Waals surface area contributed by atoms with Crippen molar-refractivity contribution < 1.29 is 9.53 Å². The van der Waals surface area contributed by atoms with Crippen LogP contribution in [0.3, 0.4) is 0 Å². The summed E-state index contributed by atoms with van der Waals surface area (Å²) in [4.78, 5) is 30.9. The molecule has 1 aliphatic carbocycles. The molecule has 0 spiro atoms. The smallest absolute Gasteiger partial charge is 0.338 e. The van der Waals surface area contributed by atoms with Crippen LogP contribution in [0.4, 0.5) is 11.6 Å². The number of nitrogens with one attached hydrogen (secondary N) is 2. The maximum absolute atomic E-state index is 12.0. The monoisotopic (exact) mass is 299 g/mol. The van der Waals surface area contributed by atoms with Crippen molar-refractivity contribution in [2.75, 3.05) is 11.9 Å². The van der Waals surface area contributed by atoms with Crippen molar-refractivity contribution in [1.82, 2.24) is 9.97 Å². The van der Waals surface area contributed by atoms with Gasteiger partial charge in [-0.3, -0.25) is 9.78 Å². The minimum absolute atomic E-state index is 0.0912. The fourth-order valence-corrected chi connectivity index (χ4v) is 2.58. The fourth-order valence-electron chi connectivity index (χ4n) is 2.58. The van der Waals surface area contributed by atoms with Crippen LogP contribution in [0, 0.1) is 0 Å². The van der Waals surface area contributed by atoms with E-state index in [0.29, 0.717) is 23.8 Å². The second kappa shape index (κ2) is 6.01. The van der Waals surface area contributed by atoms with Gasteiger partial charge in [0.05, 0.1) is 17.9 Å². The van der Waals surface area contributed by atoms with Crippen LogP contribution >= 0.6 is 0 Å². The van der Waals surface area contributed by atoms with E-state index in [9.17, 15) is 9.59 Å². The summed E-state index contributed by atoms with van der Waals surface area (Å²) in [5, 5.41) is 3.04. The topological polar surface area (TPSA) is 84.1 Å². The van der Waals surface area contributed by atoms with E-state index in [4.69, 9.17) is 4.74 Å². The van der Waals surface area contributed by atoms with E-state index in [1.54, 1.807) is 31.2 Å². The maximum Gasteiger partial charge on any atom is 0.338 e. The van der Waals surface area contributed by atoms with Crippen LogP contribution in [0.25, 0.3) is 0 Å². The largest absolute Gasteiger partial charge is 0.462 e. The molecular formula is C16H17N3O3. The van der Waals surface area contributed by atoms with E-state index in [2.05, 4.69) is 15.3 Å². The van der Waals surface area contributed by atoms with Crippen molar-refractivity contribution in [2.24, 2.45) is 0 Å². The zero-order valence-electron chi connectivity index (χ0n) is 12.3. The van der Waals surface area contributed by atoms with Crippen molar-refractivity contribution in [3.05, 3.63) is 51.4 Å². The van der Waals surface area contributed by atoms with Gasteiger partial charge in [-0.05, 0) is 44.4 Å². The standard InChI is InChI=1S/C16H17N3O3/c1-2-22-15(21)10-5-3-6-11(9-10)17-16-18-13-8-4-7-12(13)14(20)19-16/h3,5-6,9H,2,4,7-8H2,1H3,(H2,17,18,19,20). The molecule has 0 saturated heterocycles. The Kier molecular flexibility index (Phi) is 3.91. The highest BCUT2D eigenvalue weighted by atomic mass is 16.5. The second-order valence-corrected chi connectivity index (χ2v) is 5.12. The first-order valence-corrected chi connectivity index (χ1v) is 7.33. The van der Waals surface area contributed by atoms with E-state index < -0.39 is 0 Å². The summed E-state index contributed by atoms with van der Waals surface area (Å²) < 4.78 is 4.97. The number of anilines is 2. The molecule has 1 aromatic heterocycles. The summed E-state index contributed by atoms with van der Waals surface area (Å²) in [6.07, 6.45) is 2.58. The fraction of sp³-hybridized carbons (Fsp3) is 0.312. The van der Waals surface area contributed by atoms with Gasteiger partial charge >= 0.3 is 5.97 Å². The van der Waals surface area contributed by atoms with E-state index in [1.165, 1.54) is 0 Å². The zero-order valence-corrected chi connectivity index (χ0v) is 12.3. The number of rotatable bonds is 4. The zero-order chi connectivity index (χ0) is 15.5. The average Bonchev–Trinajstić information content (AvgIpc) is 2.97. The first-order valence-electron chi connectivity index (χ1n) is 7.33. The molecule has 2 N–H and O–H groups in total. The van der Waals surface area contributed by atoms with E-state index >= 15 is 0 Å². The molecule has 0 atom stereocenters. The van der Waals surface area contributed by atoms with Crippen LogP contribution in [0.2, 0.25) is 0 Å². The highest BCUT2D eigenvalue weighted by Gasteiger charge is 2.17. The van der Waals surface area contributed by atoms with Gasteiger partial charge < -0.3 is 10.1 Å². The number of benzene rings is 1. The van der Waals surface area contributed by atoms with Crippen LogP contribution < -0.4 is 10.9 Å². The molecule has 1 heterocycles. The molecule has 0 bridgehead atoms. The highest BCUT2D eigenvalue weighted by Crippen LogP contribution is 2.19. The summed E-state index contributed by atoms with van der Waals surface area (Å²) in [6.45, 7) is 2.09. The Balaban J connectivity index is 1.85. The van der Waals surface area contributed by atoms with Gasteiger partial charge in [0.15, 0.2) is 0 Å². The normalized spacial score (nSPS) is 12.8. The molecule has 6 heteroatoms. The van der Waals surface area contributed by atoms with Crippen LogP contribution in [-0.4, -0.2) is 22.5 Å². The lowest BCUT2D eigenvalue weighted by Gasteiger charge is -2.08. The van der Waals surface area contributed by atoms with Gasteiger partial charge in [-0.15, -0.1) is 0 Å². The Morgan fingerprint density at radius 3 is 3.09 bits per heavy atom. The van der Waals surface area contributed by atoms with Crippen molar-refractivity contribution in [3.8, 4) is 0 Å². The van der Waals surface area contributed by atoms with Gasteiger partial charge in [0.2, 0.25) is 5.95 Å². The average molecular weight is 299 g/mol. The van der Waals surface area contributed by atoms with Crippen molar-refractivity contribution in [2.45, 2.75) is 26.2 Å². The maximum atomic E-state index is 12.0.